The fraction of sp³-hybridized carbons (Fsp3) is 0.727. The van der Waals surface area contributed by atoms with Gasteiger partial charge in [-0.3, -0.25) is 0 Å². The minimum Gasteiger partial charge on any atom is -0.345 e. The van der Waals surface area contributed by atoms with Gasteiger partial charge in [-0.2, -0.15) is 0 Å². The van der Waals surface area contributed by atoms with Crippen molar-refractivity contribution >= 4 is 0 Å². The molecule has 0 bridgehead atoms. The highest BCUT2D eigenvalue weighted by molar-refractivity contribution is 5.02. The lowest BCUT2D eigenvalue weighted by atomic mass is 9.99. The van der Waals surface area contributed by atoms with Crippen molar-refractivity contribution in [3.8, 4) is 0 Å². The Labute approximate surface area is 85.1 Å². The van der Waals surface area contributed by atoms with Crippen LogP contribution in [0.1, 0.15) is 49.7 Å². The Balaban J connectivity index is 1.91. The summed E-state index contributed by atoms with van der Waals surface area (Å²) in [5.74, 6) is 1.78. The predicted molar refractivity (Wildman–Crippen MR) is 56.8 cm³/mol. The van der Waals surface area contributed by atoms with E-state index in [2.05, 4.69) is 9.97 Å². The maximum absolute atomic E-state index is 6.09. The van der Waals surface area contributed by atoms with Crippen LogP contribution in [-0.2, 0) is 0 Å². The summed E-state index contributed by atoms with van der Waals surface area (Å²) in [5, 5.41) is 0. The quantitative estimate of drug-likeness (QED) is 0.774. The van der Waals surface area contributed by atoms with Crippen LogP contribution in [0, 0.1) is 12.8 Å². The van der Waals surface area contributed by atoms with Gasteiger partial charge in [0.15, 0.2) is 0 Å². The van der Waals surface area contributed by atoms with E-state index in [0.29, 0.717) is 0 Å². The van der Waals surface area contributed by atoms with Crippen molar-refractivity contribution in [2.75, 3.05) is 0 Å². The van der Waals surface area contributed by atoms with Crippen LogP contribution in [0.3, 0.4) is 0 Å². The van der Waals surface area contributed by atoms with Crippen LogP contribution in [0.4, 0.5) is 0 Å². The zero-order valence-electron chi connectivity index (χ0n) is 8.79. The Morgan fingerprint density at radius 2 is 2.29 bits per heavy atom. The summed E-state index contributed by atoms with van der Waals surface area (Å²) in [7, 11) is 0. The molecule has 3 heteroatoms. The van der Waals surface area contributed by atoms with Gasteiger partial charge in [-0.1, -0.05) is 25.7 Å². The number of aromatic nitrogens is 2. The van der Waals surface area contributed by atoms with Crippen molar-refractivity contribution in [3.63, 3.8) is 0 Å². The van der Waals surface area contributed by atoms with Gasteiger partial charge in [-0.15, -0.1) is 0 Å². The average Bonchev–Trinajstić information content (AvgIpc) is 2.75. The number of hydrogen-bond donors (Lipinski definition) is 2. The molecule has 0 aliphatic heterocycles. The highest BCUT2D eigenvalue weighted by atomic mass is 14.9. The zero-order valence-corrected chi connectivity index (χ0v) is 8.79. The SMILES string of the molecule is Cc1cnc(C(N)CC2CCCC2)[nH]1. The number of aromatic amines is 1. The van der Waals surface area contributed by atoms with Crippen LogP contribution >= 0.6 is 0 Å². The van der Waals surface area contributed by atoms with Crippen LogP contribution in [-0.4, -0.2) is 9.97 Å². The first-order valence-electron chi connectivity index (χ1n) is 5.53. The van der Waals surface area contributed by atoms with Crippen molar-refractivity contribution in [1.29, 1.82) is 0 Å². The monoisotopic (exact) mass is 193 g/mol. The van der Waals surface area contributed by atoms with E-state index >= 15 is 0 Å². The Hall–Kier alpha value is -0.830. The van der Waals surface area contributed by atoms with E-state index in [9.17, 15) is 0 Å². The van der Waals surface area contributed by atoms with Gasteiger partial charge in [0.2, 0.25) is 0 Å². The maximum atomic E-state index is 6.09. The molecule has 0 spiro atoms. The maximum Gasteiger partial charge on any atom is 0.123 e. The lowest BCUT2D eigenvalue weighted by molar-refractivity contribution is 0.441. The second kappa shape index (κ2) is 4.13. The van der Waals surface area contributed by atoms with E-state index in [1.54, 1.807) is 0 Å². The molecule has 1 aromatic heterocycles. The van der Waals surface area contributed by atoms with E-state index < -0.39 is 0 Å². The molecule has 1 fully saturated rings. The third-order valence-corrected chi connectivity index (χ3v) is 3.14. The topological polar surface area (TPSA) is 54.7 Å². The molecule has 0 amide bonds. The second-order valence-corrected chi connectivity index (χ2v) is 4.44. The van der Waals surface area contributed by atoms with Gasteiger partial charge in [-0.05, 0) is 19.3 Å². The van der Waals surface area contributed by atoms with Gasteiger partial charge in [-0.25, -0.2) is 4.98 Å². The molecule has 0 aromatic carbocycles. The van der Waals surface area contributed by atoms with E-state index in [-0.39, 0.29) is 6.04 Å². The zero-order chi connectivity index (χ0) is 9.97. The molecule has 0 radical (unpaired) electrons. The molecule has 3 nitrogen and oxygen atoms in total. The second-order valence-electron chi connectivity index (χ2n) is 4.44. The molecular formula is C11H19N3. The van der Waals surface area contributed by atoms with Crippen LogP contribution in [0.2, 0.25) is 0 Å². The first-order chi connectivity index (χ1) is 6.75. The average molecular weight is 193 g/mol. The summed E-state index contributed by atoms with van der Waals surface area (Å²) < 4.78 is 0. The number of nitrogens with zero attached hydrogens (tertiary/aromatic N) is 1. The van der Waals surface area contributed by atoms with Gasteiger partial charge >= 0.3 is 0 Å². The summed E-state index contributed by atoms with van der Waals surface area (Å²) in [6.45, 7) is 2.01. The summed E-state index contributed by atoms with van der Waals surface area (Å²) in [4.78, 5) is 7.49. The molecule has 1 atom stereocenters. The first kappa shape index (κ1) is 9.71. The summed E-state index contributed by atoms with van der Waals surface area (Å²) >= 11 is 0. The van der Waals surface area contributed by atoms with Crippen molar-refractivity contribution in [3.05, 3.63) is 17.7 Å². The largest absolute Gasteiger partial charge is 0.345 e. The molecule has 1 unspecified atom stereocenters. The van der Waals surface area contributed by atoms with Crippen molar-refractivity contribution in [1.82, 2.24) is 9.97 Å². The third kappa shape index (κ3) is 2.15. The van der Waals surface area contributed by atoms with Crippen LogP contribution < -0.4 is 5.73 Å². The molecule has 1 aliphatic carbocycles. The van der Waals surface area contributed by atoms with Crippen LogP contribution in [0.25, 0.3) is 0 Å². The lowest BCUT2D eigenvalue weighted by Crippen LogP contribution is -2.15. The number of H-pyrrole nitrogens is 1. The fourth-order valence-electron chi connectivity index (χ4n) is 2.34. The first-order valence-corrected chi connectivity index (χ1v) is 5.53. The Bertz CT molecular complexity index is 286. The van der Waals surface area contributed by atoms with E-state index in [1.807, 2.05) is 13.1 Å². The summed E-state index contributed by atoms with van der Waals surface area (Å²) in [6.07, 6.45) is 8.42. The molecule has 1 aliphatic rings. The van der Waals surface area contributed by atoms with E-state index in [0.717, 1.165) is 23.9 Å². The molecular weight excluding hydrogens is 174 g/mol. The van der Waals surface area contributed by atoms with E-state index in [4.69, 9.17) is 5.73 Å². The van der Waals surface area contributed by atoms with E-state index in [1.165, 1.54) is 25.7 Å². The minimum atomic E-state index is 0.104. The molecule has 78 valence electrons. The molecule has 1 heterocycles. The van der Waals surface area contributed by atoms with Gasteiger partial charge in [0.25, 0.3) is 0 Å². The Morgan fingerprint density at radius 3 is 2.86 bits per heavy atom. The lowest BCUT2D eigenvalue weighted by Gasteiger charge is -2.13. The van der Waals surface area contributed by atoms with Crippen molar-refractivity contribution < 1.29 is 0 Å². The molecule has 14 heavy (non-hydrogen) atoms. The van der Waals surface area contributed by atoms with Crippen LogP contribution in [0.15, 0.2) is 6.20 Å². The van der Waals surface area contributed by atoms with Crippen LogP contribution in [0.5, 0.6) is 0 Å². The van der Waals surface area contributed by atoms with Gasteiger partial charge in [0.05, 0.1) is 6.04 Å². The standard InChI is InChI=1S/C11H19N3/c1-8-7-13-11(14-8)10(12)6-9-4-2-3-5-9/h7,9-10H,2-6,12H2,1H3,(H,13,14). The third-order valence-electron chi connectivity index (χ3n) is 3.14. The van der Waals surface area contributed by atoms with Gasteiger partial charge in [0.1, 0.15) is 5.82 Å². The molecule has 1 aromatic rings. The smallest absolute Gasteiger partial charge is 0.123 e. The highest BCUT2D eigenvalue weighted by Crippen LogP contribution is 2.31. The van der Waals surface area contributed by atoms with Gasteiger partial charge < -0.3 is 10.7 Å². The van der Waals surface area contributed by atoms with Gasteiger partial charge in [0, 0.05) is 11.9 Å². The highest BCUT2D eigenvalue weighted by Gasteiger charge is 2.20. The Morgan fingerprint density at radius 1 is 1.57 bits per heavy atom. The van der Waals surface area contributed by atoms with Crippen molar-refractivity contribution in [2.45, 2.75) is 45.1 Å². The molecule has 2 rings (SSSR count). The predicted octanol–water partition coefficient (Wildman–Crippen LogP) is 2.30. The number of nitrogens with one attached hydrogen (secondary N) is 1. The summed E-state index contributed by atoms with van der Waals surface area (Å²) in [6, 6.07) is 0.104. The fourth-order valence-corrected chi connectivity index (χ4v) is 2.34. The van der Waals surface area contributed by atoms with Crippen molar-refractivity contribution in [2.24, 2.45) is 11.7 Å². The molecule has 0 saturated heterocycles. The number of hydrogen-bond acceptors (Lipinski definition) is 2. The number of nitrogens with two attached hydrogens (primary N) is 1. The minimum absolute atomic E-state index is 0.104. The Kier molecular flexibility index (Phi) is 2.87. The normalized spacial score (nSPS) is 20.1. The number of imidazole rings is 1. The summed E-state index contributed by atoms with van der Waals surface area (Å²) in [5.41, 5.74) is 7.19. The molecule has 1 saturated carbocycles. The molecule has 3 N–H and O–H groups in total. The number of aryl methyl sites for hydroxylation is 1. The number of rotatable bonds is 3.